The largest absolute Gasteiger partial charge is 1.00 e. The van der Waals surface area contributed by atoms with Crippen LogP contribution in [0.4, 0.5) is 0 Å². The standard InChI is InChI=1S/C27H37N2.ClH/c1-18(2)22-9-11-24(20(5)6)26(15-22)28-13-14-29(17-28)27-16-23(19(3)4)10-12-25(27)21(7)8;/h9-21H,1-8H3;1H/q+1;/p-1. The second kappa shape index (κ2) is 9.83. The fourth-order valence-corrected chi connectivity index (χ4v) is 3.90. The first kappa shape index (κ1) is 24.2. The molecule has 3 rings (SSSR count). The highest BCUT2D eigenvalue weighted by molar-refractivity contribution is 5.47. The third-order valence-corrected chi connectivity index (χ3v) is 5.88. The van der Waals surface area contributed by atoms with Crippen molar-refractivity contribution >= 4 is 0 Å². The molecule has 0 N–H and O–H groups in total. The number of aromatic nitrogens is 2. The maximum atomic E-state index is 2.36. The number of halogens is 1. The lowest BCUT2D eigenvalue weighted by Crippen LogP contribution is -3.00. The van der Waals surface area contributed by atoms with Gasteiger partial charge in [-0.15, -0.1) is 0 Å². The summed E-state index contributed by atoms with van der Waals surface area (Å²) >= 11 is 0. The van der Waals surface area contributed by atoms with Crippen molar-refractivity contribution in [1.29, 1.82) is 0 Å². The maximum Gasteiger partial charge on any atom is 0.254 e. The second-order valence-corrected chi connectivity index (χ2v) is 9.48. The molecule has 162 valence electrons. The van der Waals surface area contributed by atoms with Crippen molar-refractivity contribution in [3.05, 3.63) is 77.4 Å². The smallest absolute Gasteiger partial charge is 0.254 e. The van der Waals surface area contributed by atoms with Gasteiger partial charge in [-0.3, -0.25) is 0 Å². The Morgan fingerprint density at radius 3 is 1.73 bits per heavy atom. The normalized spacial score (nSPS) is 11.6. The monoisotopic (exact) mass is 424 g/mol. The molecule has 3 aromatic rings. The first-order valence-corrected chi connectivity index (χ1v) is 11.1. The van der Waals surface area contributed by atoms with Crippen molar-refractivity contribution in [3.63, 3.8) is 0 Å². The van der Waals surface area contributed by atoms with Gasteiger partial charge in [-0.1, -0.05) is 79.7 Å². The summed E-state index contributed by atoms with van der Waals surface area (Å²) in [6.07, 6.45) is 6.62. The van der Waals surface area contributed by atoms with Crippen LogP contribution < -0.4 is 17.0 Å². The molecule has 2 aromatic carbocycles. The van der Waals surface area contributed by atoms with Crippen LogP contribution in [-0.4, -0.2) is 4.57 Å². The van der Waals surface area contributed by atoms with Crippen LogP contribution in [0.15, 0.2) is 55.1 Å². The fourth-order valence-electron chi connectivity index (χ4n) is 3.90. The lowest BCUT2D eigenvalue weighted by Gasteiger charge is -2.14. The first-order valence-electron chi connectivity index (χ1n) is 11.1. The zero-order chi connectivity index (χ0) is 21.3. The summed E-state index contributed by atoms with van der Waals surface area (Å²) in [6.45, 7) is 18.1. The van der Waals surface area contributed by atoms with E-state index in [2.05, 4.69) is 120 Å². The molecule has 0 spiro atoms. The zero-order valence-electron chi connectivity index (χ0n) is 19.8. The molecule has 0 fully saturated rings. The summed E-state index contributed by atoms with van der Waals surface area (Å²) in [4.78, 5) is 0. The Morgan fingerprint density at radius 2 is 1.20 bits per heavy atom. The molecule has 0 aliphatic heterocycles. The Hall–Kier alpha value is -2.06. The van der Waals surface area contributed by atoms with E-state index in [1.165, 1.54) is 33.6 Å². The molecule has 0 aliphatic carbocycles. The SMILES string of the molecule is CC(C)c1ccc(C(C)C)c(-n2cc[n+](-c3cc(C(C)C)ccc3C(C)C)c2)c1.[Cl-]. The minimum atomic E-state index is 0. The minimum absolute atomic E-state index is 0. The summed E-state index contributed by atoms with van der Waals surface area (Å²) in [5, 5.41) is 0. The van der Waals surface area contributed by atoms with Crippen molar-refractivity contribution in [2.75, 3.05) is 0 Å². The van der Waals surface area contributed by atoms with E-state index >= 15 is 0 Å². The van der Waals surface area contributed by atoms with Gasteiger partial charge in [-0.25, -0.2) is 9.13 Å². The third-order valence-electron chi connectivity index (χ3n) is 5.88. The van der Waals surface area contributed by atoms with Crippen molar-refractivity contribution < 1.29 is 17.0 Å². The highest BCUT2D eigenvalue weighted by Gasteiger charge is 2.19. The average Bonchev–Trinajstić information content (AvgIpc) is 3.16. The molecule has 0 atom stereocenters. The lowest BCUT2D eigenvalue weighted by atomic mass is 9.95. The van der Waals surface area contributed by atoms with Crippen LogP contribution in [-0.2, 0) is 0 Å². The summed E-state index contributed by atoms with van der Waals surface area (Å²) in [5.74, 6) is 2.01. The second-order valence-electron chi connectivity index (χ2n) is 9.48. The van der Waals surface area contributed by atoms with Crippen LogP contribution in [0.1, 0.15) is 101 Å². The number of imidazole rings is 1. The van der Waals surface area contributed by atoms with Crippen LogP contribution in [0.2, 0.25) is 0 Å². The number of benzene rings is 2. The zero-order valence-corrected chi connectivity index (χ0v) is 20.5. The van der Waals surface area contributed by atoms with Gasteiger partial charge >= 0.3 is 0 Å². The highest BCUT2D eigenvalue weighted by atomic mass is 35.5. The van der Waals surface area contributed by atoms with E-state index in [4.69, 9.17) is 0 Å². The van der Waals surface area contributed by atoms with Crippen LogP contribution in [0.25, 0.3) is 11.4 Å². The highest BCUT2D eigenvalue weighted by Crippen LogP contribution is 2.28. The molecule has 1 aromatic heterocycles. The Kier molecular flexibility index (Phi) is 7.93. The predicted molar refractivity (Wildman–Crippen MR) is 124 cm³/mol. The molecule has 0 saturated carbocycles. The number of nitrogens with zero attached hydrogens (tertiary/aromatic N) is 2. The molecular formula is C27H37ClN2. The molecule has 30 heavy (non-hydrogen) atoms. The molecule has 0 unspecified atom stereocenters. The molecule has 2 nitrogen and oxygen atoms in total. The van der Waals surface area contributed by atoms with Gasteiger partial charge in [0.25, 0.3) is 6.33 Å². The number of hydrogen-bond acceptors (Lipinski definition) is 0. The summed E-state index contributed by atoms with van der Waals surface area (Å²) in [5.41, 5.74) is 8.12. The van der Waals surface area contributed by atoms with Crippen molar-refractivity contribution in [2.45, 2.75) is 79.1 Å². The van der Waals surface area contributed by atoms with E-state index in [0.717, 1.165) is 0 Å². The summed E-state index contributed by atoms with van der Waals surface area (Å²) in [6, 6.07) is 13.9. The van der Waals surface area contributed by atoms with Crippen molar-refractivity contribution in [2.24, 2.45) is 0 Å². The molecular weight excluding hydrogens is 388 g/mol. The molecule has 0 radical (unpaired) electrons. The Morgan fingerprint density at radius 1 is 0.667 bits per heavy atom. The molecule has 0 aliphatic rings. The quantitative estimate of drug-likeness (QED) is 0.523. The Bertz CT molecular complexity index is 902. The molecule has 0 bridgehead atoms. The first-order chi connectivity index (χ1) is 13.7. The van der Waals surface area contributed by atoms with Crippen LogP contribution in [0, 0.1) is 0 Å². The van der Waals surface area contributed by atoms with E-state index in [9.17, 15) is 0 Å². The Balaban J connectivity index is 0.00000320. The summed E-state index contributed by atoms with van der Waals surface area (Å²) in [7, 11) is 0. The van der Waals surface area contributed by atoms with Gasteiger partial charge in [0.2, 0.25) is 0 Å². The van der Waals surface area contributed by atoms with Crippen LogP contribution in [0.5, 0.6) is 0 Å². The van der Waals surface area contributed by atoms with Gasteiger partial charge in [0.15, 0.2) is 0 Å². The predicted octanol–water partition coefficient (Wildman–Crippen LogP) is 4.25. The van der Waals surface area contributed by atoms with E-state index in [1.54, 1.807) is 0 Å². The Labute approximate surface area is 189 Å². The van der Waals surface area contributed by atoms with Crippen LogP contribution in [0.3, 0.4) is 0 Å². The topological polar surface area (TPSA) is 8.81 Å². The molecule has 1 heterocycles. The van der Waals surface area contributed by atoms with Gasteiger partial charge in [0.05, 0.1) is 0 Å². The van der Waals surface area contributed by atoms with E-state index < -0.39 is 0 Å². The van der Waals surface area contributed by atoms with Gasteiger partial charge in [0, 0.05) is 11.1 Å². The minimum Gasteiger partial charge on any atom is -1.00 e. The molecule has 3 heteroatoms. The van der Waals surface area contributed by atoms with E-state index in [0.29, 0.717) is 23.7 Å². The van der Waals surface area contributed by atoms with E-state index in [1.807, 2.05) is 0 Å². The molecule has 0 saturated heterocycles. The lowest BCUT2D eigenvalue weighted by molar-refractivity contribution is -0.595. The summed E-state index contributed by atoms with van der Waals surface area (Å²) < 4.78 is 4.57. The number of hydrogen-bond donors (Lipinski definition) is 0. The maximum absolute atomic E-state index is 2.36. The number of rotatable bonds is 6. The van der Waals surface area contributed by atoms with Gasteiger partial charge in [-0.2, -0.15) is 0 Å². The van der Waals surface area contributed by atoms with Crippen LogP contribution >= 0.6 is 0 Å². The average molecular weight is 425 g/mol. The van der Waals surface area contributed by atoms with Crippen molar-refractivity contribution in [3.8, 4) is 11.4 Å². The van der Waals surface area contributed by atoms with Gasteiger partial charge < -0.3 is 12.4 Å². The fraction of sp³-hybridized carbons (Fsp3) is 0.444. The third kappa shape index (κ3) is 4.98. The molecule has 0 amide bonds. The van der Waals surface area contributed by atoms with E-state index in [-0.39, 0.29) is 12.4 Å². The van der Waals surface area contributed by atoms with Gasteiger partial charge in [-0.05, 0) is 46.9 Å². The van der Waals surface area contributed by atoms with Crippen molar-refractivity contribution in [1.82, 2.24) is 4.57 Å². The van der Waals surface area contributed by atoms with Gasteiger partial charge in [0.1, 0.15) is 23.8 Å².